The number of carbonyl (C=O) groups is 2. The van der Waals surface area contributed by atoms with Crippen molar-refractivity contribution in [3.8, 4) is 0 Å². The van der Waals surface area contributed by atoms with Crippen LogP contribution in [-0.4, -0.2) is 39.8 Å². The summed E-state index contributed by atoms with van der Waals surface area (Å²) < 4.78 is 5.01. The van der Waals surface area contributed by atoms with E-state index in [1.165, 1.54) is 11.8 Å². The first kappa shape index (κ1) is 22.8. The molecule has 4 rings (SSSR count). The molecular formula is C23H21Cl2N3O3S. The van der Waals surface area contributed by atoms with E-state index in [1.54, 1.807) is 25.1 Å². The van der Waals surface area contributed by atoms with Crippen molar-refractivity contribution in [3.05, 3.63) is 75.4 Å². The number of nitrogens with zero attached hydrogens (tertiary/aromatic N) is 3. The highest BCUT2D eigenvalue weighted by Crippen LogP contribution is 2.30. The lowest BCUT2D eigenvalue weighted by Crippen LogP contribution is -2.40. The van der Waals surface area contributed by atoms with Gasteiger partial charge in [0.2, 0.25) is 5.89 Å². The molecule has 2 aromatic carbocycles. The summed E-state index contributed by atoms with van der Waals surface area (Å²) in [7, 11) is 0. The van der Waals surface area contributed by atoms with E-state index in [9.17, 15) is 9.59 Å². The molecule has 0 atom stereocenters. The number of hydrogen-bond donors (Lipinski definition) is 0. The van der Waals surface area contributed by atoms with Gasteiger partial charge in [0.05, 0.1) is 21.4 Å². The third kappa shape index (κ3) is 5.17. The van der Waals surface area contributed by atoms with Gasteiger partial charge in [0, 0.05) is 36.4 Å². The van der Waals surface area contributed by atoms with Crippen LogP contribution in [0.25, 0.3) is 0 Å². The fourth-order valence-corrected chi connectivity index (χ4v) is 4.90. The number of carbonyl (C=O) groups excluding carboxylic acids is 2. The molecule has 0 aliphatic carbocycles. The van der Waals surface area contributed by atoms with Crippen LogP contribution < -0.4 is 0 Å². The van der Waals surface area contributed by atoms with Crippen LogP contribution in [0.15, 0.2) is 51.9 Å². The highest BCUT2D eigenvalue weighted by atomic mass is 35.5. The van der Waals surface area contributed by atoms with Gasteiger partial charge >= 0.3 is 0 Å². The Kier molecular flexibility index (Phi) is 7.18. The second-order valence-corrected chi connectivity index (χ2v) is 9.41. The van der Waals surface area contributed by atoms with E-state index in [1.807, 2.05) is 29.2 Å². The number of amides is 1. The van der Waals surface area contributed by atoms with Gasteiger partial charge < -0.3 is 9.42 Å². The highest BCUT2D eigenvalue weighted by molar-refractivity contribution is 7.98. The number of aromatic nitrogens is 2. The number of likely N-dealkylation sites (tertiary alicyclic amines) is 1. The number of halogens is 2. The van der Waals surface area contributed by atoms with Crippen LogP contribution in [0.4, 0.5) is 0 Å². The fourth-order valence-electron chi connectivity index (χ4n) is 3.71. The van der Waals surface area contributed by atoms with Crippen LogP contribution >= 0.6 is 35.0 Å². The lowest BCUT2D eigenvalue weighted by molar-refractivity contribution is 0.0647. The number of Topliss-reactive ketones (excluding diaryl/α,β-unsaturated/α-hetero) is 1. The van der Waals surface area contributed by atoms with Crippen molar-refractivity contribution in [2.45, 2.75) is 30.4 Å². The summed E-state index contributed by atoms with van der Waals surface area (Å²) >= 11 is 13.5. The molecule has 0 unspecified atom stereocenters. The zero-order valence-corrected chi connectivity index (χ0v) is 19.7. The first-order chi connectivity index (χ1) is 15.4. The summed E-state index contributed by atoms with van der Waals surface area (Å²) in [6.07, 6.45) is 1.23. The molecule has 0 N–H and O–H groups in total. The third-order valence-corrected chi connectivity index (χ3v) is 7.21. The zero-order chi connectivity index (χ0) is 22.7. The lowest BCUT2D eigenvalue weighted by atomic mass is 9.88. The van der Waals surface area contributed by atoms with Gasteiger partial charge in [-0.1, -0.05) is 40.5 Å². The van der Waals surface area contributed by atoms with Crippen molar-refractivity contribution in [1.29, 1.82) is 0 Å². The van der Waals surface area contributed by atoms with Crippen LogP contribution in [-0.2, 0) is 5.75 Å². The third-order valence-electron chi connectivity index (χ3n) is 5.40. The maximum atomic E-state index is 13.2. The molecule has 0 radical (unpaired) electrons. The van der Waals surface area contributed by atoms with E-state index in [0.29, 0.717) is 64.6 Å². The second-order valence-electron chi connectivity index (χ2n) is 7.57. The summed E-state index contributed by atoms with van der Waals surface area (Å²) in [4.78, 5) is 33.0. The molecule has 0 bridgehead atoms. The SMILES string of the molecule is Cc1nc(CSc2ccccc2C(=O)N2CCC(C(=O)c3ccc(Cl)c(Cl)c3)CC2)no1. The van der Waals surface area contributed by atoms with Crippen LogP contribution in [0.2, 0.25) is 10.0 Å². The number of ketones is 1. The Bertz CT molecular complexity index is 1140. The molecule has 6 nitrogen and oxygen atoms in total. The molecule has 1 aliphatic rings. The summed E-state index contributed by atoms with van der Waals surface area (Å²) in [5, 5.41) is 4.70. The van der Waals surface area contributed by atoms with E-state index < -0.39 is 0 Å². The first-order valence-corrected chi connectivity index (χ1v) is 12.0. The summed E-state index contributed by atoms with van der Waals surface area (Å²) in [6.45, 7) is 2.80. The van der Waals surface area contributed by atoms with Gasteiger partial charge in [-0.05, 0) is 43.2 Å². The molecule has 1 aromatic heterocycles. The normalized spacial score (nSPS) is 14.5. The van der Waals surface area contributed by atoms with E-state index in [-0.39, 0.29) is 17.6 Å². The van der Waals surface area contributed by atoms with Crippen molar-refractivity contribution >= 4 is 46.7 Å². The number of thioether (sulfide) groups is 1. The molecule has 0 spiro atoms. The molecule has 1 amide bonds. The summed E-state index contributed by atoms with van der Waals surface area (Å²) in [6, 6.07) is 12.5. The lowest BCUT2D eigenvalue weighted by Gasteiger charge is -2.32. The van der Waals surface area contributed by atoms with Crippen molar-refractivity contribution < 1.29 is 14.1 Å². The molecule has 1 fully saturated rings. The van der Waals surface area contributed by atoms with Crippen LogP contribution in [0.1, 0.15) is 45.3 Å². The maximum Gasteiger partial charge on any atom is 0.254 e. The number of aryl methyl sites for hydroxylation is 1. The molecule has 2 heterocycles. The van der Waals surface area contributed by atoms with Gasteiger partial charge in [-0.2, -0.15) is 4.98 Å². The van der Waals surface area contributed by atoms with Gasteiger partial charge in [0.25, 0.3) is 5.91 Å². The predicted molar refractivity (Wildman–Crippen MR) is 124 cm³/mol. The van der Waals surface area contributed by atoms with Crippen LogP contribution in [0.3, 0.4) is 0 Å². The van der Waals surface area contributed by atoms with Crippen molar-refractivity contribution in [1.82, 2.24) is 15.0 Å². The van der Waals surface area contributed by atoms with Gasteiger partial charge in [-0.25, -0.2) is 0 Å². The summed E-state index contributed by atoms with van der Waals surface area (Å²) in [5.41, 5.74) is 1.20. The topological polar surface area (TPSA) is 76.3 Å². The molecule has 0 saturated carbocycles. The Labute approximate surface area is 200 Å². The van der Waals surface area contributed by atoms with Crippen LogP contribution in [0.5, 0.6) is 0 Å². The molecular weight excluding hydrogens is 469 g/mol. The maximum absolute atomic E-state index is 13.2. The van der Waals surface area contributed by atoms with E-state index in [4.69, 9.17) is 27.7 Å². The number of piperidine rings is 1. The number of rotatable bonds is 6. The monoisotopic (exact) mass is 489 g/mol. The zero-order valence-electron chi connectivity index (χ0n) is 17.4. The minimum absolute atomic E-state index is 0.0298. The van der Waals surface area contributed by atoms with Crippen molar-refractivity contribution in [2.24, 2.45) is 5.92 Å². The quantitative estimate of drug-likeness (QED) is 0.325. The predicted octanol–water partition coefficient (Wildman–Crippen LogP) is 5.71. The van der Waals surface area contributed by atoms with Gasteiger partial charge in [-0.15, -0.1) is 11.8 Å². The van der Waals surface area contributed by atoms with Gasteiger partial charge in [-0.3, -0.25) is 9.59 Å². The smallest absolute Gasteiger partial charge is 0.254 e. The average Bonchev–Trinajstić information content (AvgIpc) is 3.24. The largest absolute Gasteiger partial charge is 0.340 e. The molecule has 9 heteroatoms. The van der Waals surface area contributed by atoms with Crippen LogP contribution in [0, 0.1) is 12.8 Å². The number of benzene rings is 2. The molecule has 32 heavy (non-hydrogen) atoms. The van der Waals surface area contributed by atoms with E-state index >= 15 is 0 Å². The first-order valence-electron chi connectivity index (χ1n) is 10.2. The average molecular weight is 490 g/mol. The summed E-state index contributed by atoms with van der Waals surface area (Å²) in [5.74, 6) is 1.50. The molecule has 1 aliphatic heterocycles. The van der Waals surface area contributed by atoms with E-state index in [2.05, 4.69) is 10.1 Å². The Hall–Kier alpha value is -2.35. The minimum atomic E-state index is -0.137. The minimum Gasteiger partial charge on any atom is -0.340 e. The standard InChI is InChI=1S/C23H21Cl2N3O3S/c1-14-26-21(27-31-14)13-32-20-5-3-2-4-17(20)23(30)28-10-8-15(9-11-28)22(29)16-6-7-18(24)19(25)12-16/h2-7,12,15H,8-11,13H2,1H3. The fraction of sp³-hybridized carbons (Fsp3) is 0.304. The van der Waals surface area contributed by atoms with Crippen molar-refractivity contribution in [3.63, 3.8) is 0 Å². The molecule has 1 saturated heterocycles. The van der Waals surface area contributed by atoms with Crippen molar-refractivity contribution in [2.75, 3.05) is 13.1 Å². The Morgan fingerprint density at radius 1 is 1.12 bits per heavy atom. The highest BCUT2D eigenvalue weighted by Gasteiger charge is 2.29. The Balaban J connectivity index is 1.39. The Morgan fingerprint density at radius 2 is 1.88 bits per heavy atom. The second kappa shape index (κ2) is 10.1. The van der Waals surface area contributed by atoms with E-state index in [0.717, 1.165) is 4.90 Å². The van der Waals surface area contributed by atoms with Gasteiger partial charge in [0.15, 0.2) is 11.6 Å². The Morgan fingerprint density at radius 3 is 2.56 bits per heavy atom. The number of hydrogen-bond acceptors (Lipinski definition) is 6. The molecule has 3 aromatic rings. The molecule has 166 valence electrons. The van der Waals surface area contributed by atoms with Gasteiger partial charge in [0.1, 0.15) is 0 Å².